The maximum atomic E-state index is 12.6. The first kappa shape index (κ1) is 12.7. The minimum Gasteiger partial charge on any atom is -0.371 e. The smallest absolute Gasteiger partial charge is 0.371 e. The van der Waals surface area contributed by atoms with E-state index in [0.717, 1.165) is 42.9 Å². The van der Waals surface area contributed by atoms with Crippen LogP contribution in [0.2, 0.25) is 0 Å². The van der Waals surface area contributed by atoms with Crippen molar-refractivity contribution in [2.75, 3.05) is 18.0 Å². The van der Waals surface area contributed by atoms with Crippen molar-refractivity contribution in [1.82, 2.24) is 0 Å². The first-order valence-corrected chi connectivity index (χ1v) is 6.39. The van der Waals surface area contributed by atoms with Gasteiger partial charge >= 0.3 is 6.18 Å². The summed E-state index contributed by atoms with van der Waals surface area (Å²) in [5.74, 6) is 0. The quantitative estimate of drug-likeness (QED) is 0.740. The second kappa shape index (κ2) is 4.88. The summed E-state index contributed by atoms with van der Waals surface area (Å²) >= 11 is 3.32. The van der Waals surface area contributed by atoms with E-state index in [2.05, 4.69) is 15.9 Å². The number of anilines is 1. The van der Waals surface area contributed by atoms with E-state index in [0.29, 0.717) is 5.69 Å². The molecule has 0 amide bonds. The molecule has 2 rings (SSSR count). The molecule has 0 aromatic heterocycles. The maximum absolute atomic E-state index is 12.6. The molecule has 0 atom stereocenters. The monoisotopic (exact) mass is 307 g/mol. The largest absolute Gasteiger partial charge is 0.416 e. The fourth-order valence-electron chi connectivity index (χ4n) is 2.07. The summed E-state index contributed by atoms with van der Waals surface area (Å²) in [6, 6.07) is 3.82. The highest BCUT2D eigenvalue weighted by atomic mass is 79.9. The molecule has 1 aromatic carbocycles. The van der Waals surface area contributed by atoms with Crippen LogP contribution < -0.4 is 4.90 Å². The zero-order valence-corrected chi connectivity index (χ0v) is 10.8. The van der Waals surface area contributed by atoms with Gasteiger partial charge in [0.15, 0.2) is 0 Å². The van der Waals surface area contributed by atoms with Crippen molar-refractivity contribution in [3.63, 3.8) is 0 Å². The number of rotatable bonds is 1. The van der Waals surface area contributed by atoms with Crippen LogP contribution in [-0.2, 0) is 6.18 Å². The summed E-state index contributed by atoms with van der Waals surface area (Å²) < 4.78 is 38.6. The molecule has 0 radical (unpaired) electrons. The Morgan fingerprint density at radius 1 is 1.06 bits per heavy atom. The normalized spacial score (nSPS) is 17.3. The van der Waals surface area contributed by atoms with Crippen molar-refractivity contribution in [2.24, 2.45) is 0 Å². The topological polar surface area (TPSA) is 3.24 Å². The van der Waals surface area contributed by atoms with Crippen LogP contribution in [0, 0.1) is 0 Å². The second-order valence-corrected chi connectivity index (χ2v) is 5.07. The highest BCUT2D eigenvalue weighted by molar-refractivity contribution is 9.10. The van der Waals surface area contributed by atoms with Crippen LogP contribution in [0.4, 0.5) is 18.9 Å². The summed E-state index contributed by atoms with van der Waals surface area (Å²) in [7, 11) is 0. The lowest BCUT2D eigenvalue weighted by atomic mass is 10.1. The van der Waals surface area contributed by atoms with Gasteiger partial charge < -0.3 is 4.90 Å². The Balaban J connectivity index is 2.31. The molecular formula is C12H13BrF3N. The summed E-state index contributed by atoms with van der Waals surface area (Å²) in [6.07, 6.45) is -1.02. The molecule has 1 aliphatic heterocycles. The lowest BCUT2D eigenvalue weighted by Crippen LogP contribution is -2.29. The molecule has 0 unspecified atom stereocenters. The van der Waals surface area contributed by atoms with Gasteiger partial charge in [0, 0.05) is 17.6 Å². The summed E-state index contributed by atoms with van der Waals surface area (Å²) in [5.41, 5.74) is 0.0702. The Labute approximate surface area is 107 Å². The number of halogens is 4. The Morgan fingerprint density at radius 3 is 2.29 bits per heavy atom. The fourth-order valence-corrected chi connectivity index (χ4v) is 2.56. The zero-order chi connectivity index (χ0) is 12.5. The van der Waals surface area contributed by atoms with Crippen molar-refractivity contribution in [3.8, 4) is 0 Å². The van der Waals surface area contributed by atoms with Gasteiger partial charge in [0.2, 0.25) is 0 Å². The standard InChI is InChI=1S/C12H13BrF3N/c13-10-5-4-9(12(14,15)16)8-11(10)17-6-2-1-3-7-17/h4-5,8H,1-3,6-7H2. The maximum Gasteiger partial charge on any atom is 0.416 e. The first-order chi connectivity index (χ1) is 7.98. The van der Waals surface area contributed by atoms with Crippen LogP contribution in [0.3, 0.4) is 0 Å². The summed E-state index contributed by atoms with van der Waals surface area (Å²) in [6.45, 7) is 1.67. The third kappa shape index (κ3) is 2.94. The van der Waals surface area contributed by atoms with E-state index < -0.39 is 11.7 Å². The molecular weight excluding hydrogens is 295 g/mol. The molecule has 1 saturated heterocycles. The predicted octanol–water partition coefficient (Wildman–Crippen LogP) is 4.46. The number of piperidine rings is 1. The van der Waals surface area contributed by atoms with Gasteiger partial charge in [0.05, 0.1) is 11.3 Å². The minimum atomic E-state index is -4.27. The van der Waals surface area contributed by atoms with Crippen molar-refractivity contribution in [2.45, 2.75) is 25.4 Å². The first-order valence-electron chi connectivity index (χ1n) is 5.60. The van der Waals surface area contributed by atoms with E-state index in [1.807, 2.05) is 4.90 Å². The molecule has 0 spiro atoms. The molecule has 0 saturated carbocycles. The molecule has 1 aliphatic rings. The molecule has 1 heterocycles. The van der Waals surface area contributed by atoms with E-state index in [1.165, 1.54) is 12.1 Å². The van der Waals surface area contributed by atoms with Crippen LogP contribution in [0.25, 0.3) is 0 Å². The lowest BCUT2D eigenvalue weighted by molar-refractivity contribution is -0.137. The molecule has 5 heteroatoms. The van der Waals surface area contributed by atoms with Crippen molar-refractivity contribution in [3.05, 3.63) is 28.2 Å². The highest BCUT2D eigenvalue weighted by Crippen LogP contribution is 2.36. The molecule has 0 aliphatic carbocycles. The van der Waals surface area contributed by atoms with E-state index >= 15 is 0 Å². The number of alkyl halides is 3. The van der Waals surface area contributed by atoms with Crippen molar-refractivity contribution >= 4 is 21.6 Å². The molecule has 94 valence electrons. The Kier molecular flexibility index (Phi) is 3.66. The van der Waals surface area contributed by atoms with E-state index in [-0.39, 0.29) is 0 Å². The van der Waals surface area contributed by atoms with Crippen LogP contribution in [-0.4, -0.2) is 13.1 Å². The molecule has 0 bridgehead atoms. The van der Waals surface area contributed by atoms with E-state index in [1.54, 1.807) is 0 Å². The lowest BCUT2D eigenvalue weighted by Gasteiger charge is -2.30. The molecule has 17 heavy (non-hydrogen) atoms. The highest BCUT2D eigenvalue weighted by Gasteiger charge is 2.31. The Morgan fingerprint density at radius 2 is 1.71 bits per heavy atom. The third-order valence-electron chi connectivity index (χ3n) is 2.97. The number of nitrogens with zero attached hydrogens (tertiary/aromatic N) is 1. The minimum absolute atomic E-state index is 0.582. The third-order valence-corrected chi connectivity index (χ3v) is 3.64. The van der Waals surface area contributed by atoms with Gasteiger partial charge in [-0.1, -0.05) is 0 Å². The SMILES string of the molecule is FC(F)(F)c1ccc(Br)c(N2CCCCC2)c1. The second-order valence-electron chi connectivity index (χ2n) is 4.21. The van der Waals surface area contributed by atoms with Crippen molar-refractivity contribution in [1.29, 1.82) is 0 Å². The molecule has 1 fully saturated rings. The molecule has 1 nitrogen and oxygen atoms in total. The molecule has 0 N–H and O–H groups in total. The average molecular weight is 308 g/mol. The van der Waals surface area contributed by atoms with Gasteiger partial charge in [0.1, 0.15) is 0 Å². The van der Waals surface area contributed by atoms with Crippen molar-refractivity contribution < 1.29 is 13.2 Å². The van der Waals surface area contributed by atoms with E-state index in [4.69, 9.17) is 0 Å². The summed E-state index contributed by atoms with van der Waals surface area (Å²) in [4.78, 5) is 2.02. The Bertz CT molecular complexity index is 397. The zero-order valence-electron chi connectivity index (χ0n) is 9.23. The number of benzene rings is 1. The van der Waals surface area contributed by atoms with Gasteiger partial charge in [-0.15, -0.1) is 0 Å². The van der Waals surface area contributed by atoms with Crippen LogP contribution in [0.1, 0.15) is 24.8 Å². The van der Waals surface area contributed by atoms with Crippen LogP contribution in [0.5, 0.6) is 0 Å². The fraction of sp³-hybridized carbons (Fsp3) is 0.500. The van der Waals surface area contributed by atoms with Crippen LogP contribution in [0.15, 0.2) is 22.7 Å². The average Bonchev–Trinajstić information content (AvgIpc) is 2.29. The van der Waals surface area contributed by atoms with Gasteiger partial charge in [-0.25, -0.2) is 0 Å². The van der Waals surface area contributed by atoms with E-state index in [9.17, 15) is 13.2 Å². The summed E-state index contributed by atoms with van der Waals surface area (Å²) in [5, 5.41) is 0. The molecule has 1 aromatic rings. The van der Waals surface area contributed by atoms with Gasteiger partial charge in [0.25, 0.3) is 0 Å². The van der Waals surface area contributed by atoms with Gasteiger partial charge in [-0.05, 0) is 53.4 Å². The number of hydrogen-bond acceptors (Lipinski definition) is 1. The number of hydrogen-bond donors (Lipinski definition) is 0. The van der Waals surface area contributed by atoms with Gasteiger partial charge in [-0.2, -0.15) is 13.2 Å². The predicted molar refractivity (Wildman–Crippen MR) is 65.2 cm³/mol. The van der Waals surface area contributed by atoms with Crippen LogP contribution >= 0.6 is 15.9 Å². The van der Waals surface area contributed by atoms with Gasteiger partial charge in [-0.3, -0.25) is 0 Å². The Hall–Kier alpha value is -0.710.